The van der Waals surface area contributed by atoms with Crippen LogP contribution in [-0.2, 0) is 98.7 Å². The number of imidazole rings is 1. The summed E-state index contributed by atoms with van der Waals surface area (Å²) < 4.78 is 15.6. The van der Waals surface area contributed by atoms with Gasteiger partial charge in [0, 0.05) is 136 Å². The zero-order chi connectivity index (χ0) is 75.1. The Morgan fingerprint density at radius 3 is 1.18 bits per heavy atom. The first-order valence-electron chi connectivity index (χ1n) is 35.1. The van der Waals surface area contributed by atoms with E-state index in [1.807, 2.05) is 173 Å². The number of thiazole rings is 4. The standard InChI is InChI=1S/C39H48N8O4S2.C36H47N7O4S2.CH4IN.CH4.HI.W/c1-28(2)37-43-33(25-52-37)23-46(3)38(49)45-35(16-18-47-19-17-40-26-47)36(48)42-31(20-29-10-6-4-7-11-29)14-15-32(21-30-12-8-5-9-13-30)44-39(50)51-24-34-22-41-27-53-34;1-25(2)34-40-30(23-48-34)21-43(3)35(45)42-32(16-17-37)33(44)39-28(18-26-10-6-4-7-11-26)14-15-29(19-27-12-8-5-9-13-27)41-36(46)47-22-31-20-38-24-49-31;1-3-2;;;/h4-13,17,19,22,25-28,31-32,35H,14-16,18,20-21,23-24H2,1-3H3,(H,42,48)(H,44,50)(H,45,49);4-13,20,23-25,28-29,32H,14-19,21-22,37H2,1-3H3,(H,39,44)(H,41,46)(H,42,45);3H,1H3;1H4;1H;/t31-,32-,35-;28-,29-,32-;;;;/m00..../s1. The molecule has 9 aromatic rings. The van der Waals surface area contributed by atoms with Gasteiger partial charge < -0.3 is 61.5 Å². The minimum absolute atomic E-state index is 0. The van der Waals surface area contributed by atoms with Crippen LogP contribution in [0.3, 0.4) is 0 Å². The molecule has 6 atom stereocenters. The Morgan fingerprint density at radius 2 is 0.870 bits per heavy atom. The maximum Gasteiger partial charge on any atom is 0.407 e. The molecule has 108 heavy (non-hydrogen) atoms. The second-order valence-electron chi connectivity index (χ2n) is 25.8. The summed E-state index contributed by atoms with van der Waals surface area (Å²) in [4.78, 5) is 107. The summed E-state index contributed by atoms with van der Waals surface area (Å²) >= 11 is 8.05. The number of ether oxygens (including phenoxy) is 2. The predicted octanol–water partition coefficient (Wildman–Crippen LogP) is 14.0. The fraction of sp³-hybridized carbons (Fsp3) is 0.416. The van der Waals surface area contributed by atoms with Crippen LogP contribution in [0.4, 0.5) is 19.2 Å². The Hall–Kier alpha value is -7.30. The zero-order valence-electron chi connectivity index (χ0n) is 61.4. The van der Waals surface area contributed by atoms with Crippen molar-refractivity contribution in [2.24, 2.45) is 5.73 Å². The first-order chi connectivity index (χ1) is 50.8. The first-order valence-corrected chi connectivity index (χ1v) is 39.7. The first kappa shape index (κ1) is 93.1. The maximum atomic E-state index is 14.1. The third kappa shape index (κ3) is 35.2. The van der Waals surface area contributed by atoms with Crippen molar-refractivity contribution in [3.63, 3.8) is 0 Å². The van der Waals surface area contributed by atoms with E-state index in [1.165, 1.54) is 27.6 Å². The molecule has 0 spiro atoms. The van der Waals surface area contributed by atoms with E-state index < -0.39 is 24.3 Å². The molecule has 9 N–H and O–H groups in total. The average Bonchev–Trinajstić information content (AvgIpc) is 1.43. The van der Waals surface area contributed by atoms with Gasteiger partial charge >= 0.3 is 24.2 Å². The van der Waals surface area contributed by atoms with E-state index in [1.54, 1.807) is 77.6 Å². The van der Waals surface area contributed by atoms with Gasteiger partial charge in [0.05, 0.1) is 61.6 Å². The summed E-state index contributed by atoms with van der Waals surface area (Å²) in [7, 11) is 5.25. The van der Waals surface area contributed by atoms with Gasteiger partial charge in [-0.15, -0.1) is 69.3 Å². The Bertz CT molecular complexity index is 3930. The minimum atomic E-state index is -0.820. The molecule has 0 fully saturated rings. The third-order valence-corrected chi connectivity index (χ3v) is 20.5. The minimum Gasteiger partial charge on any atom is -0.444 e. The molecule has 31 heteroatoms. The largest absolute Gasteiger partial charge is 0.444 e. The topological polar surface area (TPSA) is 307 Å². The van der Waals surface area contributed by atoms with Crippen LogP contribution in [0.15, 0.2) is 174 Å². The van der Waals surface area contributed by atoms with Crippen molar-refractivity contribution in [2.45, 2.75) is 180 Å². The van der Waals surface area contributed by atoms with Crippen LogP contribution >= 0.6 is 92.2 Å². The van der Waals surface area contributed by atoms with Crippen molar-refractivity contribution in [3.05, 3.63) is 228 Å². The summed E-state index contributed by atoms with van der Waals surface area (Å²) in [6.07, 6.45) is 12.8. The molecule has 5 aromatic heterocycles. The SMILES string of the molecule is C.CC(C)c1nc(CN(C)C(=O)N[C@@H](CCN)C(=O)N[C@@H](CC[C@@H](Cc2ccccc2)NC(=O)OCc2cncs2)Cc2ccccc2)cs1.CC(C)c1nc(CN(C)C(=O)N[C@@H](CCn2ccnc2)C(=O)N[C@@H](CC[C@@H](Cc2ccccc2)NC(=O)OCc2cncs2)Cc2ccccc2)cs1.CNI.I.[W]. The maximum absolute atomic E-state index is 14.1. The van der Waals surface area contributed by atoms with E-state index in [2.05, 4.69) is 88.0 Å². The third-order valence-electron chi connectivity index (χ3n) is 16.6. The van der Waals surface area contributed by atoms with Crippen molar-refractivity contribution in [1.29, 1.82) is 0 Å². The number of aromatic nitrogens is 6. The molecule has 5 heterocycles. The number of alkyl carbamates (subject to hydrolysis) is 2. The number of carbonyl (C=O) groups excluding carboxylic acids is 6. The summed E-state index contributed by atoms with van der Waals surface area (Å²) in [5.74, 6) is 0.0348. The summed E-state index contributed by atoms with van der Waals surface area (Å²) in [6.45, 7) is 10.00. The number of aryl methyl sites for hydroxylation is 1. The van der Waals surface area contributed by atoms with E-state index in [9.17, 15) is 28.8 Å². The number of hydrogen-bond donors (Lipinski definition) is 8. The molecule has 0 bridgehead atoms. The molecule has 24 nitrogen and oxygen atoms in total. The van der Waals surface area contributed by atoms with E-state index in [4.69, 9.17) is 15.2 Å². The van der Waals surface area contributed by atoms with Crippen LogP contribution in [-0.4, -0.2) is 139 Å². The zero-order valence-corrected chi connectivity index (χ0v) is 72.1. The van der Waals surface area contributed by atoms with Gasteiger partial charge in [0.2, 0.25) is 11.8 Å². The normalized spacial score (nSPS) is 12.3. The quantitative estimate of drug-likeness (QED) is 0.0133. The second-order valence-corrected chi connectivity index (χ2v) is 30.6. The van der Waals surface area contributed by atoms with Gasteiger partial charge in [-0.25, -0.2) is 34.1 Å². The number of benzene rings is 4. The number of amides is 8. The van der Waals surface area contributed by atoms with Crippen molar-refractivity contribution in [2.75, 3.05) is 27.7 Å². The molecular weight excluding hydrogens is 1840 g/mol. The summed E-state index contributed by atoms with van der Waals surface area (Å²) in [5.41, 5.74) is 15.2. The molecule has 4 aromatic carbocycles. The molecule has 0 unspecified atom stereocenters. The van der Waals surface area contributed by atoms with Gasteiger partial charge in [0.25, 0.3) is 0 Å². The number of rotatable bonds is 37. The van der Waals surface area contributed by atoms with Crippen LogP contribution < -0.4 is 41.2 Å². The molecule has 8 amide bonds. The van der Waals surface area contributed by atoms with Crippen LogP contribution in [0.1, 0.15) is 139 Å². The van der Waals surface area contributed by atoms with Gasteiger partial charge in [-0.3, -0.25) is 23.1 Å². The Morgan fingerprint density at radius 1 is 0.519 bits per heavy atom. The Balaban J connectivity index is 0.000000430. The van der Waals surface area contributed by atoms with E-state index in [0.29, 0.717) is 89.3 Å². The van der Waals surface area contributed by atoms with Crippen molar-refractivity contribution in [3.8, 4) is 0 Å². The monoisotopic (exact) mass is 1950 g/mol. The molecular formula is C77H104I2N16O8S4W. The summed E-state index contributed by atoms with van der Waals surface area (Å²) in [5, 5.41) is 24.4. The van der Waals surface area contributed by atoms with E-state index in [0.717, 1.165) is 53.4 Å². The molecule has 0 aliphatic heterocycles. The molecule has 9 rings (SSSR count). The van der Waals surface area contributed by atoms with Crippen LogP contribution in [0.2, 0.25) is 0 Å². The predicted molar refractivity (Wildman–Crippen MR) is 447 cm³/mol. The number of carbonyl (C=O) groups is 6. The molecule has 0 saturated carbocycles. The fourth-order valence-electron chi connectivity index (χ4n) is 11.1. The second kappa shape index (κ2) is 52.0. The van der Waals surface area contributed by atoms with Gasteiger partial charge in [0.1, 0.15) is 25.3 Å². The number of urea groups is 2. The fourth-order valence-corrected chi connectivity index (χ4v) is 13.8. The van der Waals surface area contributed by atoms with Crippen molar-refractivity contribution in [1.82, 2.24) is 74.7 Å². The number of nitrogens with one attached hydrogen (secondary N) is 7. The van der Waals surface area contributed by atoms with E-state index >= 15 is 0 Å². The number of nitrogens with zero attached hydrogens (tertiary/aromatic N) is 8. The average molecular weight is 1950 g/mol. The van der Waals surface area contributed by atoms with Crippen LogP contribution in [0, 0.1) is 0 Å². The van der Waals surface area contributed by atoms with Gasteiger partial charge in [0.15, 0.2) is 0 Å². The van der Waals surface area contributed by atoms with Gasteiger partial charge in [-0.1, -0.05) is 156 Å². The van der Waals surface area contributed by atoms with Crippen molar-refractivity contribution < 1.29 is 59.3 Å². The Kier molecular flexibility index (Phi) is 44.8. The number of nitrogens with two attached hydrogens (primary N) is 1. The number of halogens is 2. The number of hydrogen-bond acceptors (Lipinski definition) is 19. The van der Waals surface area contributed by atoms with Gasteiger partial charge in [-0.05, 0) is 100 Å². The Labute approximate surface area is 697 Å². The molecule has 0 radical (unpaired) electrons. The molecule has 0 aliphatic carbocycles. The van der Waals surface area contributed by atoms with Crippen LogP contribution in [0.5, 0.6) is 0 Å². The van der Waals surface area contributed by atoms with E-state index in [-0.39, 0.29) is 127 Å². The molecule has 0 aliphatic rings. The van der Waals surface area contributed by atoms with Gasteiger partial charge in [-0.2, -0.15) is 0 Å². The van der Waals surface area contributed by atoms with Crippen LogP contribution in [0.25, 0.3) is 0 Å². The molecule has 0 saturated heterocycles. The van der Waals surface area contributed by atoms with Crippen molar-refractivity contribution >= 4 is 128 Å². The smallest absolute Gasteiger partial charge is 0.407 e. The summed E-state index contributed by atoms with van der Waals surface area (Å²) in [6, 6.07) is 36.4. The molecule has 584 valence electrons.